The summed E-state index contributed by atoms with van der Waals surface area (Å²) < 4.78 is 4.97. The molecule has 1 saturated heterocycles. The van der Waals surface area contributed by atoms with Crippen molar-refractivity contribution in [2.75, 3.05) is 33.4 Å². The molecule has 140 valence electrons. The van der Waals surface area contributed by atoms with Crippen LogP contribution in [0.1, 0.15) is 58.3 Å². The molecule has 1 heterocycles. The number of piperidine rings is 1. The number of hydrogen-bond donors (Lipinski definition) is 2. The molecular weight excluding hydrogens is 304 g/mol. The maximum atomic E-state index is 12.3. The first kappa shape index (κ1) is 19.7. The lowest BCUT2D eigenvalue weighted by atomic mass is 9.79. The summed E-state index contributed by atoms with van der Waals surface area (Å²) in [5.74, 6) is 1.48. The van der Waals surface area contributed by atoms with Crippen molar-refractivity contribution in [1.82, 2.24) is 10.2 Å². The summed E-state index contributed by atoms with van der Waals surface area (Å²) in [5, 5.41) is 13.0. The Morgan fingerprint density at radius 2 is 1.88 bits per heavy atom. The van der Waals surface area contributed by atoms with Crippen LogP contribution >= 0.6 is 0 Å². The van der Waals surface area contributed by atoms with Gasteiger partial charge in [0.1, 0.15) is 0 Å². The number of nitrogens with zero attached hydrogens (tertiary/aromatic N) is 1. The number of ether oxygens (including phenoxy) is 1. The highest BCUT2D eigenvalue weighted by molar-refractivity contribution is 5.76. The lowest BCUT2D eigenvalue weighted by molar-refractivity contribution is -0.123. The zero-order valence-corrected chi connectivity index (χ0v) is 15.5. The Balaban J connectivity index is 1.63. The van der Waals surface area contributed by atoms with Gasteiger partial charge in [0, 0.05) is 39.2 Å². The summed E-state index contributed by atoms with van der Waals surface area (Å²) in [5.41, 5.74) is 0. The number of hydrogen-bond acceptors (Lipinski definition) is 4. The largest absolute Gasteiger partial charge is 0.389 e. The molecule has 0 bridgehead atoms. The van der Waals surface area contributed by atoms with E-state index in [1.54, 1.807) is 7.11 Å². The van der Waals surface area contributed by atoms with E-state index in [1.165, 1.54) is 32.1 Å². The molecule has 2 N–H and O–H groups in total. The molecule has 0 aromatic carbocycles. The number of aliphatic hydroxyl groups is 1. The van der Waals surface area contributed by atoms with Gasteiger partial charge in [0.15, 0.2) is 0 Å². The van der Waals surface area contributed by atoms with Crippen LogP contribution in [-0.4, -0.2) is 61.4 Å². The van der Waals surface area contributed by atoms with Crippen molar-refractivity contribution in [3.8, 4) is 0 Å². The van der Waals surface area contributed by atoms with Crippen molar-refractivity contribution >= 4 is 5.91 Å². The first-order valence-electron chi connectivity index (χ1n) is 9.77. The molecule has 2 rings (SSSR count). The number of β-amino-alcohol motifs (C(OH)–C–C–N with tert-alkyl or cyclic N) is 1. The van der Waals surface area contributed by atoms with E-state index in [0.29, 0.717) is 31.5 Å². The van der Waals surface area contributed by atoms with Gasteiger partial charge in [-0.2, -0.15) is 0 Å². The van der Waals surface area contributed by atoms with E-state index in [-0.39, 0.29) is 5.91 Å². The van der Waals surface area contributed by atoms with Crippen molar-refractivity contribution in [3.63, 3.8) is 0 Å². The third-order valence-corrected chi connectivity index (χ3v) is 5.74. The van der Waals surface area contributed by atoms with Crippen LogP contribution in [0, 0.1) is 11.8 Å². The van der Waals surface area contributed by atoms with Crippen molar-refractivity contribution in [2.45, 2.75) is 70.4 Å². The van der Waals surface area contributed by atoms with Gasteiger partial charge in [0.2, 0.25) is 5.91 Å². The molecule has 0 radical (unpaired) electrons. The van der Waals surface area contributed by atoms with Gasteiger partial charge in [-0.05, 0) is 24.7 Å². The molecule has 0 spiro atoms. The standard InChI is InChI=1S/C19H36N2O3/c1-15(16-6-4-3-5-7-16)12-19(23)20-17-8-10-21(11-9-17)13-18(22)14-24-2/h15-18,22H,3-14H2,1-2H3,(H,20,23). The van der Waals surface area contributed by atoms with E-state index in [2.05, 4.69) is 17.1 Å². The fraction of sp³-hybridized carbons (Fsp3) is 0.947. The molecule has 0 aromatic rings. The van der Waals surface area contributed by atoms with Crippen LogP contribution in [0.3, 0.4) is 0 Å². The van der Waals surface area contributed by atoms with Crippen LogP contribution in [-0.2, 0) is 9.53 Å². The first-order chi connectivity index (χ1) is 11.6. The second-order valence-corrected chi connectivity index (χ2v) is 7.83. The highest BCUT2D eigenvalue weighted by Crippen LogP contribution is 2.31. The Hall–Kier alpha value is -0.650. The predicted octanol–water partition coefficient (Wildman–Crippen LogP) is 2.18. The summed E-state index contributed by atoms with van der Waals surface area (Å²) >= 11 is 0. The van der Waals surface area contributed by atoms with E-state index in [1.807, 2.05) is 0 Å². The van der Waals surface area contributed by atoms with E-state index >= 15 is 0 Å². The Morgan fingerprint density at radius 3 is 2.50 bits per heavy atom. The highest BCUT2D eigenvalue weighted by Gasteiger charge is 2.25. The maximum absolute atomic E-state index is 12.3. The van der Waals surface area contributed by atoms with Gasteiger partial charge in [-0.25, -0.2) is 0 Å². The van der Waals surface area contributed by atoms with Crippen molar-refractivity contribution < 1.29 is 14.6 Å². The minimum absolute atomic E-state index is 0.228. The minimum Gasteiger partial charge on any atom is -0.389 e. The van der Waals surface area contributed by atoms with E-state index in [4.69, 9.17) is 4.74 Å². The third kappa shape index (κ3) is 6.69. The van der Waals surface area contributed by atoms with Gasteiger partial charge in [0.05, 0.1) is 12.7 Å². The van der Waals surface area contributed by atoms with E-state index in [9.17, 15) is 9.90 Å². The number of amides is 1. The monoisotopic (exact) mass is 340 g/mol. The molecule has 2 aliphatic rings. The summed E-state index contributed by atoms with van der Waals surface area (Å²) in [6, 6.07) is 0.298. The van der Waals surface area contributed by atoms with Crippen LogP contribution < -0.4 is 5.32 Å². The third-order valence-electron chi connectivity index (χ3n) is 5.74. The zero-order valence-electron chi connectivity index (χ0n) is 15.5. The number of carbonyl (C=O) groups is 1. The second-order valence-electron chi connectivity index (χ2n) is 7.83. The Labute approximate surface area is 147 Å². The van der Waals surface area contributed by atoms with Gasteiger partial charge in [0.25, 0.3) is 0 Å². The molecule has 2 fully saturated rings. The molecule has 1 aliphatic heterocycles. The Morgan fingerprint density at radius 1 is 1.21 bits per heavy atom. The molecule has 24 heavy (non-hydrogen) atoms. The SMILES string of the molecule is COCC(O)CN1CCC(NC(=O)CC(C)C2CCCCC2)CC1. The number of carbonyl (C=O) groups excluding carboxylic acids is 1. The summed E-state index contributed by atoms with van der Waals surface area (Å²) in [7, 11) is 1.61. The van der Waals surface area contributed by atoms with Gasteiger partial charge in [-0.15, -0.1) is 0 Å². The second kappa shape index (κ2) is 10.4. The molecule has 1 saturated carbocycles. The fourth-order valence-electron chi connectivity index (χ4n) is 4.25. The number of rotatable bonds is 8. The van der Waals surface area contributed by atoms with Crippen molar-refractivity contribution in [3.05, 3.63) is 0 Å². The molecule has 1 amide bonds. The Bertz CT molecular complexity index is 364. The fourth-order valence-corrected chi connectivity index (χ4v) is 4.25. The topological polar surface area (TPSA) is 61.8 Å². The number of methoxy groups -OCH3 is 1. The van der Waals surface area contributed by atoms with Crippen LogP contribution in [0.2, 0.25) is 0 Å². The maximum Gasteiger partial charge on any atom is 0.220 e. The average Bonchev–Trinajstić information content (AvgIpc) is 2.57. The molecule has 5 heteroatoms. The van der Waals surface area contributed by atoms with Crippen LogP contribution in [0.25, 0.3) is 0 Å². The predicted molar refractivity (Wildman–Crippen MR) is 95.8 cm³/mol. The quantitative estimate of drug-likeness (QED) is 0.711. The van der Waals surface area contributed by atoms with Gasteiger partial charge in [-0.1, -0.05) is 39.0 Å². The van der Waals surface area contributed by atoms with Gasteiger partial charge < -0.3 is 20.1 Å². The number of nitrogens with one attached hydrogen (secondary N) is 1. The minimum atomic E-state index is -0.419. The van der Waals surface area contributed by atoms with Crippen molar-refractivity contribution in [2.24, 2.45) is 11.8 Å². The van der Waals surface area contributed by atoms with Crippen LogP contribution in [0.5, 0.6) is 0 Å². The number of likely N-dealkylation sites (tertiary alicyclic amines) is 1. The van der Waals surface area contributed by atoms with Gasteiger partial charge in [-0.3, -0.25) is 4.79 Å². The average molecular weight is 341 g/mol. The van der Waals surface area contributed by atoms with Crippen LogP contribution in [0.15, 0.2) is 0 Å². The lowest BCUT2D eigenvalue weighted by Gasteiger charge is -2.34. The first-order valence-corrected chi connectivity index (χ1v) is 9.77. The molecule has 1 aliphatic carbocycles. The normalized spacial score (nSPS) is 23.8. The van der Waals surface area contributed by atoms with Crippen LogP contribution in [0.4, 0.5) is 0 Å². The molecule has 2 atom stereocenters. The summed E-state index contributed by atoms with van der Waals surface area (Å²) in [6.07, 6.45) is 8.86. The molecular formula is C19H36N2O3. The summed E-state index contributed by atoms with van der Waals surface area (Å²) in [4.78, 5) is 14.6. The summed E-state index contributed by atoms with van der Waals surface area (Å²) in [6.45, 7) is 5.16. The lowest BCUT2D eigenvalue weighted by Crippen LogP contribution is -2.47. The molecule has 2 unspecified atom stereocenters. The molecule has 5 nitrogen and oxygen atoms in total. The van der Waals surface area contributed by atoms with Gasteiger partial charge >= 0.3 is 0 Å². The van der Waals surface area contributed by atoms with Crippen molar-refractivity contribution in [1.29, 1.82) is 0 Å². The smallest absolute Gasteiger partial charge is 0.220 e. The Kier molecular flexibility index (Phi) is 8.50. The van der Waals surface area contributed by atoms with E-state index < -0.39 is 6.10 Å². The number of aliphatic hydroxyl groups excluding tert-OH is 1. The highest BCUT2D eigenvalue weighted by atomic mass is 16.5. The zero-order chi connectivity index (χ0) is 17.4. The molecule has 0 aromatic heterocycles. The van der Waals surface area contributed by atoms with E-state index in [0.717, 1.165) is 31.8 Å².